The van der Waals surface area contributed by atoms with Crippen LogP contribution in [0.15, 0.2) is 54.2 Å². The van der Waals surface area contributed by atoms with Gasteiger partial charge in [0, 0.05) is 18.3 Å². The molecular formula is C22H22ClN5O4S. The van der Waals surface area contributed by atoms with Crippen molar-refractivity contribution in [1.82, 2.24) is 14.8 Å². The summed E-state index contributed by atoms with van der Waals surface area (Å²) in [6, 6.07) is 10.0. The number of anilines is 1. The van der Waals surface area contributed by atoms with E-state index in [4.69, 9.17) is 16.3 Å². The highest BCUT2D eigenvalue weighted by Gasteiger charge is 2.16. The van der Waals surface area contributed by atoms with Crippen molar-refractivity contribution in [2.45, 2.75) is 32.2 Å². The zero-order chi connectivity index (χ0) is 24.0. The number of nitro groups is 1. The first-order chi connectivity index (χ1) is 15.8. The number of allylic oxidation sites excluding steroid dienone is 1. The number of hydrogen-bond donors (Lipinski definition) is 1. The second-order valence-corrected chi connectivity index (χ2v) is 8.52. The van der Waals surface area contributed by atoms with Crippen LogP contribution >= 0.6 is 23.4 Å². The molecule has 9 nitrogen and oxygen atoms in total. The maximum atomic E-state index is 12.4. The number of aryl methyl sites for hydroxylation is 2. The molecule has 0 aliphatic heterocycles. The van der Waals surface area contributed by atoms with Crippen LogP contribution in [0.2, 0.25) is 5.02 Å². The smallest absolute Gasteiger partial charge is 0.289 e. The fourth-order valence-corrected chi connectivity index (χ4v) is 4.02. The quantitative estimate of drug-likeness (QED) is 0.186. The standard InChI is InChI=1S/C22H22ClN5O4S/c1-4-7-27-20(12-32-17-9-14(2)8-15(3)10-17)25-26-22(27)33-13-21(29)24-16-5-6-18(23)19(11-16)28(30)31/h4-6,8-11H,1,7,12-13H2,2-3H3,(H,24,29). The Labute approximate surface area is 200 Å². The topological polar surface area (TPSA) is 112 Å². The Morgan fingerprint density at radius 2 is 2.00 bits per heavy atom. The van der Waals surface area contributed by atoms with E-state index in [1.165, 1.54) is 30.0 Å². The van der Waals surface area contributed by atoms with Crippen molar-refractivity contribution in [2.75, 3.05) is 11.1 Å². The van der Waals surface area contributed by atoms with Crippen LogP contribution in [0.1, 0.15) is 17.0 Å². The number of halogens is 1. The van der Waals surface area contributed by atoms with Gasteiger partial charge in [-0.3, -0.25) is 19.5 Å². The largest absolute Gasteiger partial charge is 0.486 e. The third kappa shape index (κ3) is 6.56. The molecule has 0 fully saturated rings. The molecule has 1 aromatic heterocycles. The van der Waals surface area contributed by atoms with Crippen LogP contribution < -0.4 is 10.1 Å². The van der Waals surface area contributed by atoms with Gasteiger partial charge in [-0.05, 0) is 49.2 Å². The van der Waals surface area contributed by atoms with Crippen LogP contribution in [-0.2, 0) is 17.9 Å². The molecule has 0 aliphatic carbocycles. The fourth-order valence-electron chi connectivity index (χ4n) is 3.07. The summed E-state index contributed by atoms with van der Waals surface area (Å²) in [7, 11) is 0. The predicted molar refractivity (Wildman–Crippen MR) is 128 cm³/mol. The number of nitro benzene ring substituents is 1. The normalized spacial score (nSPS) is 10.6. The lowest BCUT2D eigenvalue weighted by Gasteiger charge is -2.10. The van der Waals surface area contributed by atoms with E-state index >= 15 is 0 Å². The number of carbonyl (C=O) groups is 1. The first-order valence-corrected chi connectivity index (χ1v) is 11.2. The molecule has 0 spiro atoms. The van der Waals surface area contributed by atoms with Crippen molar-refractivity contribution in [3.05, 3.63) is 81.1 Å². The minimum Gasteiger partial charge on any atom is -0.486 e. The van der Waals surface area contributed by atoms with Crippen LogP contribution in [0.3, 0.4) is 0 Å². The molecule has 1 N–H and O–H groups in total. The van der Waals surface area contributed by atoms with Gasteiger partial charge in [-0.25, -0.2) is 0 Å². The summed E-state index contributed by atoms with van der Waals surface area (Å²) in [6.45, 7) is 8.44. The van der Waals surface area contributed by atoms with E-state index in [9.17, 15) is 14.9 Å². The second-order valence-electron chi connectivity index (χ2n) is 7.17. The molecule has 1 heterocycles. The Bertz CT molecular complexity index is 1180. The average molecular weight is 488 g/mol. The van der Waals surface area contributed by atoms with Gasteiger partial charge in [0.25, 0.3) is 5.69 Å². The molecule has 0 bridgehead atoms. The first-order valence-electron chi connectivity index (χ1n) is 9.87. The lowest BCUT2D eigenvalue weighted by atomic mass is 10.1. The summed E-state index contributed by atoms with van der Waals surface area (Å²) < 4.78 is 7.71. The number of nitrogens with zero attached hydrogens (tertiary/aromatic N) is 4. The molecule has 0 saturated heterocycles. The molecule has 2 aromatic carbocycles. The zero-order valence-electron chi connectivity index (χ0n) is 18.1. The number of ether oxygens (including phenoxy) is 1. The van der Waals surface area contributed by atoms with E-state index in [0.717, 1.165) is 16.9 Å². The van der Waals surface area contributed by atoms with Gasteiger partial charge in [-0.2, -0.15) is 0 Å². The van der Waals surface area contributed by atoms with Crippen LogP contribution in [0.25, 0.3) is 0 Å². The number of amides is 1. The molecule has 11 heteroatoms. The SMILES string of the molecule is C=CCn1c(COc2cc(C)cc(C)c2)nnc1SCC(=O)Nc1ccc(Cl)c([N+](=O)[O-])c1. The molecule has 3 aromatic rings. The Hall–Kier alpha value is -3.37. The third-order valence-corrected chi connectivity index (χ3v) is 5.71. The van der Waals surface area contributed by atoms with Gasteiger partial charge in [-0.15, -0.1) is 16.8 Å². The second kappa shape index (κ2) is 11.0. The molecule has 0 radical (unpaired) electrons. The van der Waals surface area contributed by atoms with Gasteiger partial charge in [0.2, 0.25) is 5.91 Å². The number of thioether (sulfide) groups is 1. The van der Waals surface area contributed by atoms with Crippen molar-refractivity contribution in [3.8, 4) is 5.75 Å². The summed E-state index contributed by atoms with van der Waals surface area (Å²) in [6.07, 6.45) is 1.71. The summed E-state index contributed by atoms with van der Waals surface area (Å²) >= 11 is 6.99. The van der Waals surface area contributed by atoms with E-state index in [1.807, 2.05) is 30.5 Å². The third-order valence-electron chi connectivity index (χ3n) is 4.43. The molecule has 0 atom stereocenters. The molecule has 3 rings (SSSR count). The highest BCUT2D eigenvalue weighted by atomic mass is 35.5. The Balaban J connectivity index is 1.64. The van der Waals surface area contributed by atoms with Gasteiger partial charge in [0.15, 0.2) is 11.0 Å². The minimum atomic E-state index is -0.605. The molecular weight excluding hydrogens is 466 g/mol. The van der Waals surface area contributed by atoms with Gasteiger partial charge in [0.1, 0.15) is 17.4 Å². The Kier molecular flexibility index (Phi) is 8.07. The number of hydrogen-bond acceptors (Lipinski definition) is 7. The monoisotopic (exact) mass is 487 g/mol. The van der Waals surface area contributed by atoms with E-state index < -0.39 is 4.92 Å². The first kappa shape index (κ1) is 24.3. The highest BCUT2D eigenvalue weighted by Crippen LogP contribution is 2.27. The Morgan fingerprint density at radius 1 is 1.27 bits per heavy atom. The van der Waals surface area contributed by atoms with Gasteiger partial charge in [-0.1, -0.05) is 35.5 Å². The average Bonchev–Trinajstić information content (AvgIpc) is 3.13. The summed E-state index contributed by atoms with van der Waals surface area (Å²) in [4.78, 5) is 22.8. The van der Waals surface area contributed by atoms with Crippen LogP contribution in [0.5, 0.6) is 5.75 Å². The van der Waals surface area contributed by atoms with Crippen molar-refractivity contribution < 1.29 is 14.5 Å². The fraction of sp³-hybridized carbons (Fsp3) is 0.227. The maximum absolute atomic E-state index is 12.4. The van der Waals surface area contributed by atoms with Gasteiger partial charge in [0.05, 0.1) is 10.7 Å². The molecule has 172 valence electrons. The summed E-state index contributed by atoms with van der Waals surface area (Å²) in [5.74, 6) is 1.03. The maximum Gasteiger partial charge on any atom is 0.289 e. The molecule has 0 aliphatic rings. The van der Waals surface area contributed by atoms with E-state index in [-0.39, 0.29) is 34.7 Å². The van der Waals surface area contributed by atoms with Gasteiger partial charge < -0.3 is 10.1 Å². The van der Waals surface area contributed by atoms with Crippen molar-refractivity contribution in [2.24, 2.45) is 0 Å². The van der Waals surface area contributed by atoms with Crippen molar-refractivity contribution >= 4 is 40.6 Å². The number of nitrogens with one attached hydrogen (secondary N) is 1. The van der Waals surface area contributed by atoms with Crippen molar-refractivity contribution in [3.63, 3.8) is 0 Å². The molecule has 1 amide bonds. The zero-order valence-corrected chi connectivity index (χ0v) is 19.7. The Morgan fingerprint density at radius 3 is 2.67 bits per heavy atom. The summed E-state index contributed by atoms with van der Waals surface area (Å²) in [5, 5.41) is 22.5. The number of carbonyl (C=O) groups excluding carboxylic acids is 1. The number of rotatable bonds is 10. The molecule has 33 heavy (non-hydrogen) atoms. The van der Waals surface area contributed by atoms with Gasteiger partial charge >= 0.3 is 0 Å². The van der Waals surface area contributed by atoms with E-state index in [0.29, 0.717) is 17.5 Å². The van der Waals surface area contributed by atoms with Crippen molar-refractivity contribution in [1.29, 1.82) is 0 Å². The van der Waals surface area contributed by atoms with Crippen LogP contribution in [0, 0.1) is 24.0 Å². The predicted octanol–water partition coefficient (Wildman–Crippen LogP) is 4.95. The molecule has 0 unspecified atom stereocenters. The molecule has 0 saturated carbocycles. The van der Waals surface area contributed by atoms with Crippen LogP contribution in [-0.4, -0.2) is 31.3 Å². The number of aromatic nitrogens is 3. The summed E-state index contributed by atoms with van der Waals surface area (Å²) in [5.41, 5.74) is 2.21. The minimum absolute atomic E-state index is 0.000438. The van der Waals surface area contributed by atoms with Crippen LogP contribution in [0.4, 0.5) is 11.4 Å². The van der Waals surface area contributed by atoms with E-state index in [1.54, 1.807) is 6.08 Å². The van der Waals surface area contributed by atoms with E-state index in [2.05, 4.69) is 28.2 Å². The lowest BCUT2D eigenvalue weighted by molar-refractivity contribution is -0.384. The lowest BCUT2D eigenvalue weighted by Crippen LogP contribution is -2.15. The highest BCUT2D eigenvalue weighted by molar-refractivity contribution is 7.99. The number of benzene rings is 2.